The average molecular weight is 181 g/mol. The third kappa shape index (κ3) is 1.83. The minimum absolute atomic E-state index is 0.106. The van der Waals surface area contributed by atoms with E-state index in [1.54, 1.807) is 19.3 Å². The van der Waals surface area contributed by atoms with Gasteiger partial charge in [0, 0.05) is 19.3 Å². The lowest BCUT2D eigenvalue weighted by Gasteiger charge is -2.10. The monoisotopic (exact) mass is 181 g/mol. The number of carbonyl (C=O) groups is 1. The number of nitrogens with two attached hydrogens (primary N) is 1. The van der Waals surface area contributed by atoms with E-state index in [9.17, 15) is 4.79 Å². The normalized spacial score (nSPS) is 10.5. The number of rotatable bonds is 2. The van der Waals surface area contributed by atoms with Crippen molar-refractivity contribution in [2.45, 2.75) is 19.9 Å². The van der Waals surface area contributed by atoms with Gasteiger partial charge in [0.15, 0.2) is 0 Å². The van der Waals surface area contributed by atoms with Crippen LogP contribution in [0, 0.1) is 0 Å². The number of carbonyl (C=O) groups excluding carboxylic acids is 1. The number of aromatic nitrogens is 1. The second-order valence-corrected chi connectivity index (χ2v) is 3.24. The van der Waals surface area contributed by atoms with Gasteiger partial charge in [-0.1, -0.05) is 0 Å². The van der Waals surface area contributed by atoms with E-state index >= 15 is 0 Å². The van der Waals surface area contributed by atoms with Gasteiger partial charge in [-0.05, 0) is 19.9 Å². The van der Waals surface area contributed by atoms with Gasteiger partial charge < -0.3 is 15.6 Å². The summed E-state index contributed by atoms with van der Waals surface area (Å²) in [6.07, 6.45) is 1.77. The van der Waals surface area contributed by atoms with Crippen molar-refractivity contribution < 1.29 is 4.79 Å². The van der Waals surface area contributed by atoms with Gasteiger partial charge in [0.25, 0.3) is 5.91 Å². The molecule has 0 spiro atoms. The molecule has 72 valence electrons. The summed E-state index contributed by atoms with van der Waals surface area (Å²) in [6.45, 7) is 4.01. The van der Waals surface area contributed by atoms with E-state index in [2.05, 4.69) is 5.32 Å². The Balaban J connectivity index is 3.11. The molecule has 0 radical (unpaired) electrons. The molecule has 13 heavy (non-hydrogen) atoms. The second kappa shape index (κ2) is 3.51. The molecular weight excluding hydrogens is 166 g/mol. The molecule has 0 atom stereocenters. The fraction of sp³-hybridized carbons (Fsp3) is 0.444. The van der Waals surface area contributed by atoms with E-state index in [1.165, 1.54) is 0 Å². The van der Waals surface area contributed by atoms with Gasteiger partial charge in [-0.3, -0.25) is 4.79 Å². The molecule has 0 aliphatic carbocycles. The Morgan fingerprint density at radius 3 is 2.69 bits per heavy atom. The molecular formula is C9H15N3O. The van der Waals surface area contributed by atoms with E-state index in [1.807, 2.05) is 18.4 Å². The quantitative estimate of drug-likeness (QED) is 0.715. The molecule has 0 bridgehead atoms. The smallest absolute Gasteiger partial charge is 0.267 e. The first-order valence-electron chi connectivity index (χ1n) is 4.25. The predicted octanol–water partition coefficient (Wildman–Crippen LogP) is 1.01. The second-order valence-electron chi connectivity index (χ2n) is 3.24. The summed E-state index contributed by atoms with van der Waals surface area (Å²) in [5, 5.41) is 2.57. The number of nitrogen functional groups attached to an aromatic ring is 1. The van der Waals surface area contributed by atoms with Crippen molar-refractivity contribution in [1.29, 1.82) is 0 Å². The zero-order valence-electron chi connectivity index (χ0n) is 8.16. The van der Waals surface area contributed by atoms with Crippen LogP contribution >= 0.6 is 0 Å². The highest BCUT2D eigenvalue weighted by molar-refractivity contribution is 5.93. The van der Waals surface area contributed by atoms with E-state index in [0.717, 1.165) is 0 Å². The van der Waals surface area contributed by atoms with Crippen LogP contribution in [0.1, 0.15) is 30.4 Å². The Morgan fingerprint density at radius 1 is 1.62 bits per heavy atom. The summed E-state index contributed by atoms with van der Waals surface area (Å²) in [4.78, 5) is 11.4. The highest BCUT2D eigenvalue weighted by atomic mass is 16.1. The Hall–Kier alpha value is -1.45. The van der Waals surface area contributed by atoms with E-state index in [0.29, 0.717) is 11.4 Å². The Kier molecular flexibility index (Phi) is 2.60. The first-order valence-corrected chi connectivity index (χ1v) is 4.25. The molecule has 3 N–H and O–H groups in total. The van der Waals surface area contributed by atoms with Crippen LogP contribution in [0.2, 0.25) is 0 Å². The number of hydrogen-bond acceptors (Lipinski definition) is 2. The molecule has 0 aliphatic heterocycles. The first-order chi connectivity index (χ1) is 6.06. The number of nitrogens with zero attached hydrogens (tertiary/aromatic N) is 1. The van der Waals surface area contributed by atoms with Gasteiger partial charge in [-0.15, -0.1) is 0 Å². The van der Waals surface area contributed by atoms with Gasteiger partial charge in [-0.2, -0.15) is 0 Å². The molecule has 0 saturated heterocycles. The SMILES string of the molecule is CNC(=O)c1cc(N)cn1C(C)C. The molecule has 1 aromatic heterocycles. The lowest BCUT2D eigenvalue weighted by atomic mass is 10.3. The maximum absolute atomic E-state index is 11.4. The average Bonchev–Trinajstić information content (AvgIpc) is 2.46. The van der Waals surface area contributed by atoms with Crippen molar-refractivity contribution in [3.05, 3.63) is 18.0 Å². The minimum Gasteiger partial charge on any atom is -0.397 e. The Labute approximate surface area is 77.7 Å². The number of anilines is 1. The standard InChI is InChI=1S/C9H15N3O/c1-6(2)12-5-7(10)4-8(12)9(13)11-3/h4-6H,10H2,1-3H3,(H,11,13). The molecule has 1 heterocycles. The van der Waals surface area contributed by atoms with Crippen molar-refractivity contribution in [2.24, 2.45) is 0 Å². The van der Waals surface area contributed by atoms with E-state index < -0.39 is 0 Å². The molecule has 1 rings (SSSR count). The van der Waals surface area contributed by atoms with Gasteiger partial charge in [0.05, 0.1) is 5.69 Å². The number of hydrogen-bond donors (Lipinski definition) is 2. The van der Waals surface area contributed by atoms with Gasteiger partial charge in [0.1, 0.15) is 5.69 Å². The molecule has 0 saturated carbocycles. The molecule has 0 aliphatic rings. The molecule has 0 unspecified atom stereocenters. The zero-order chi connectivity index (χ0) is 10.0. The first kappa shape index (κ1) is 9.64. The van der Waals surface area contributed by atoms with Crippen molar-refractivity contribution in [1.82, 2.24) is 9.88 Å². The fourth-order valence-electron chi connectivity index (χ4n) is 1.24. The zero-order valence-corrected chi connectivity index (χ0v) is 8.16. The maximum atomic E-state index is 11.4. The molecule has 4 nitrogen and oxygen atoms in total. The number of amides is 1. The minimum atomic E-state index is -0.106. The van der Waals surface area contributed by atoms with Crippen LogP contribution in [-0.2, 0) is 0 Å². The molecule has 0 fully saturated rings. The van der Waals surface area contributed by atoms with Crippen LogP contribution in [0.5, 0.6) is 0 Å². The van der Waals surface area contributed by atoms with Crippen LogP contribution in [0.3, 0.4) is 0 Å². The highest BCUT2D eigenvalue weighted by Gasteiger charge is 2.12. The van der Waals surface area contributed by atoms with Crippen molar-refractivity contribution in [3.8, 4) is 0 Å². The van der Waals surface area contributed by atoms with Crippen molar-refractivity contribution in [2.75, 3.05) is 12.8 Å². The maximum Gasteiger partial charge on any atom is 0.267 e. The molecule has 1 amide bonds. The lowest BCUT2D eigenvalue weighted by Crippen LogP contribution is -2.22. The van der Waals surface area contributed by atoms with Crippen LogP contribution in [0.4, 0.5) is 5.69 Å². The topological polar surface area (TPSA) is 60.1 Å². The third-order valence-electron chi connectivity index (χ3n) is 1.89. The van der Waals surface area contributed by atoms with E-state index in [-0.39, 0.29) is 11.9 Å². The molecule has 1 aromatic rings. The summed E-state index contributed by atoms with van der Waals surface area (Å²) in [6, 6.07) is 1.92. The number of nitrogens with one attached hydrogen (secondary N) is 1. The summed E-state index contributed by atoms with van der Waals surface area (Å²) in [5.41, 5.74) is 6.83. The Morgan fingerprint density at radius 2 is 2.23 bits per heavy atom. The van der Waals surface area contributed by atoms with Crippen LogP contribution in [-0.4, -0.2) is 17.5 Å². The summed E-state index contributed by atoms with van der Waals surface area (Å²) < 4.78 is 1.86. The van der Waals surface area contributed by atoms with E-state index in [4.69, 9.17) is 5.73 Å². The van der Waals surface area contributed by atoms with Crippen molar-refractivity contribution >= 4 is 11.6 Å². The summed E-state index contributed by atoms with van der Waals surface area (Å²) in [5.74, 6) is -0.106. The van der Waals surface area contributed by atoms with Gasteiger partial charge in [0.2, 0.25) is 0 Å². The molecule has 0 aromatic carbocycles. The van der Waals surface area contributed by atoms with Crippen LogP contribution < -0.4 is 11.1 Å². The van der Waals surface area contributed by atoms with Gasteiger partial charge in [-0.25, -0.2) is 0 Å². The van der Waals surface area contributed by atoms with Gasteiger partial charge >= 0.3 is 0 Å². The molecule has 4 heteroatoms. The Bertz CT molecular complexity index is 315. The third-order valence-corrected chi connectivity index (χ3v) is 1.89. The fourth-order valence-corrected chi connectivity index (χ4v) is 1.24. The highest BCUT2D eigenvalue weighted by Crippen LogP contribution is 2.15. The predicted molar refractivity (Wildman–Crippen MR) is 52.6 cm³/mol. The largest absolute Gasteiger partial charge is 0.397 e. The summed E-state index contributed by atoms with van der Waals surface area (Å²) in [7, 11) is 1.61. The van der Waals surface area contributed by atoms with Crippen molar-refractivity contribution in [3.63, 3.8) is 0 Å². The van der Waals surface area contributed by atoms with Crippen LogP contribution in [0.25, 0.3) is 0 Å². The summed E-state index contributed by atoms with van der Waals surface area (Å²) >= 11 is 0. The van der Waals surface area contributed by atoms with Crippen LogP contribution in [0.15, 0.2) is 12.3 Å². The lowest BCUT2D eigenvalue weighted by molar-refractivity contribution is 0.0952.